The van der Waals surface area contributed by atoms with Crippen LogP contribution in [-0.2, 0) is 0 Å². The summed E-state index contributed by atoms with van der Waals surface area (Å²) in [5.74, 6) is -0.714. The Balaban J connectivity index is 1.66. The van der Waals surface area contributed by atoms with Crippen LogP contribution in [0.2, 0.25) is 0 Å². The van der Waals surface area contributed by atoms with Gasteiger partial charge in [0.15, 0.2) is 11.6 Å². The third-order valence-corrected chi connectivity index (χ3v) is 5.52. The van der Waals surface area contributed by atoms with E-state index in [9.17, 15) is 13.9 Å². The molecule has 5 nitrogen and oxygen atoms in total. The van der Waals surface area contributed by atoms with Gasteiger partial charge in [0.2, 0.25) is 4.80 Å². The number of halogens is 2. The summed E-state index contributed by atoms with van der Waals surface area (Å²) >= 11 is 1.25. The maximum Gasteiger partial charge on any atom is 0.211 e. The first-order valence-electron chi connectivity index (χ1n) is 9.59. The fraction of sp³-hybridized carbons (Fsp3) is 0. The molecular weight excluding hydrogens is 432 g/mol. The molecule has 2 aromatic heterocycles. The van der Waals surface area contributed by atoms with E-state index in [1.165, 1.54) is 22.1 Å². The number of hydrogen-bond acceptors (Lipinski definition) is 5. The lowest BCUT2D eigenvalue weighted by Gasteiger charge is -2.01. The van der Waals surface area contributed by atoms with E-state index in [0.717, 1.165) is 28.7 Å². The van der Waals surface area contributed by atoms with Gasteiger partial charge in [-0.1, -0.05) is 18.2 Å². The molecule has 0 bridgehead atoms. The summed E-state index contributed by atoms with van der Waals surface area (Å²) in [4.78, 5) is 4.73. The molecule has 5 rings (SSSR count). The third kappa shape index (κ3) is 3.95. The summed E-state index contributed by atoms with van der Waals surface area (Å²) in [7, 11) is 0. The normalized spacial score (nSPS) is 12.2. The van der Waals surface area contributed by atoms with Crippen molar-refractivity contribution in [1.29, 1.82) is 0 Å². The second-order valence-corrected chi connectivity index (χ2v) is 7.74. The Morgan fingerprint density at radius 1 is 0.969 bits per heavy atom. The zero-order chi connectivity index (χ0) is 22.1. The highest BCUT2D eigenvalue weighted by Crippen LogP contribution is 2.28. The Morgan fingerprint density at radius 3 is 2.56 bits per heavy atom. The first-order valence-corrected chi connectivity index (χ1v) is 10.5. The van der Waals surface area contributed by atoms with Gasteiger partial charge >= 0.3 is 0 Å². The molecule has 0 atom stereocenters. The molecule has 0 fully saturated rings. The second-order valence-electron chi connectivity index (χ2n) is 6.91. The van der Waals surface area contributed by atoms with Gasteiger partial charge in [0.1, 0.15) is 28.5 Å². The van der Waals surface area contributed by atoms with Gasteiger partial charge in [0, 0.05) is 16.8 Å². The van der Waals surface area contributed by atoms with Crippen LogP contribution in [0.1, 0.15) is 5.56 Å². The van der Waals surface area contributed by atoms with Crippen molar-refractivity contribution < 1.29 is 18.3 Å². The molecule has 0 aliphatic rings. The van der Waals surface area contributed by atoms with Crippen molar-refractivity contribution in [2.45, 2.75) is 0 Å². The summed E-state index contributed by atoms with van der Waals surface area (Å²) < 4.78 is 35.0. The maximum absolute atomic E-state index is 14.2. The second kappa shape index (κ2) is 8.24. The molecule has 32 heavy (non-hydrogen) atoms. The first-order chi connectivity index (χ1) is 15.6. The van der Waals surface area contributed by atoms with E-state index in [0.29, 0.717) is 16.3 Å². The van der Waals surface area contributed by atoms with Crippen molar-refractivity contribution in [2.75, 3.05) is 0 Å². The number of aromatic nitrogens is 1. The van der Waals surface area contributed by atoms with Crippen LogP contribution in [0.5, 0.6) is 5.75 Å². The molecule has 0 saturated heterocycles. The van der Waals surface area contributed by atoms with E-state index >= 15 is 0 Å². The molecule has 0 aliphatic carbocycles. The van der Waals surface area contributed by atoms with Crippen LogP contribution in [0.15, 0.2) is 92.7 Å². The van der Waals surface area contributed by atoms with Gasteiger partial charge in [-0.25, -0.2) is 18.4 Å². The average Bonchev–Trinajstić information content (AvgIpc) is 3.39. The van der Waals surface area contributed by atoms with Crippen LogP contribution >= 0.6 is 11.3 Å². The third-order valence-electron chi connectivity index (χ3n) is 4.70. The largest absolute Gasteiger partial charge is 0.508 e. The number of para-hydroxylation sites is 1. The molecule has 0 aliphatic heterocycles. The fourth-order valence-electron chi connectivity index (χ4n) is 3.13. The topological polar surface area (TPSA) is 63.0 Å². The predicted octanol–water partition coefficient (Wildman–Crippen LogP) is 6.06. The average molecular weight is 447 g/mol. The van der Waals surface area contributed by atoms with Gasteiger partial charge in [-0.3, -0.25) is 0 Å². The van der Waals surface area contributed by atoms with Gasteiger partial charge in [-0.15, -0.1) is 11.3 Å². The minimum absolute atomic E-state index is 0.00186. The van der Waals surface area contributed by atoms with Crippen molar-refractivity contribution in [3.8, 4) is 17.2 Å². The number of thiazole rings is 1. The van der Waals surface area contributed by atoms with Crippen molar-refractivity contribution in [3.05, 3.63) is 100 Å². The number of fused-ring (bicyclic) bond motifs is 1. The Kier molecular flexibility index (Phi) is 5.12. The van der Waals surface area contributed by atoms with Crippen molar-refractivity contribution >= 4 is 34.2 Å². The minimum Gasteiger partial charge on any atom is -0.508 e. The molecule has 2 heterocycles. The number of furan rings is 1. The number of hydrogen-bond donors (Lipinski definition) is 1. The lowest BCUT2D eigenvalue weighted by atomic mass is 10.2. The zero-order valence-corrected chi connectivity index (χ0v) is 17.3. The highest BCUT2D eigenvalue weighted by Gasteiger charge is 2.13. The monoisotopic (exact) mass is 447 g/mol. The van der Waals surface area contributed by atoms with Crippen molar-refractivity contribution in [2.24, 2.45) is 10.1 Å². The van der Waals surface area contributed by atoms with Crippen LogP contribution in [0.3, 0.4) is 0 Å². The summed E-state index contributed by atoms with van der Waals surface area (Å²) in [5, 5.41) is 16.8. The number of phenols is 1. The highest BCUT2D eigenvalue weighted by molar-refractivity contribution is 7.07. The quantitative estimate of drug-likeness (QED) is 0.340. The van der Waals surface area contributed by atoms with E-state index in [1.807, 2.05) is 35.7 Å². The highest BCUT2D eigenvalue weighted by atomic mass is 32.1. The van der Waals surface area contributed by atoms with Gasteiger partial charge in [-0.2, -0.15) is 5.10 Å². The minimum atomic E-state index is -0.766. The Hall–Kier alpha value is -4.04. The molecule has 8 heteroatoms. The molecule has 0 saturated carbocycles. The van der Waals surface area contributed by atoms with E-state index in [-0.39, 0.29) is 11.4 Å². The van der Waals surface area contributed by atoms with E-state index in [1.54, 1.807) is 30.5 Å². The molecule has 0 radical (unpaired) electrons. The number of benzene rings is 3. The Labute approximate surface area is 184 Å². The lowest BCUT2D eigenvalue weighted by molar-refractivity contribution is 0.475. The fourth-order valence-corrected chi connectivity index (χ4v) is 3.96. The summed E-state index contributed by atoms with van der Waals surface area (Å²) in [6, 6.07) is 19.3. The Bertz CT molecular complexity index is 1480. The molecule has 0 amide bonds. The predicted molar refractivity (Wildman–Crippen MR) is 120 cm³/mol. The molecule has 0 spiro atoms. The lowest BCUT2D eigenvalue weighted by Crippen LogP contribution is -2.11. The number of phenolic OH excluding ortho intramolecular Hbond substituents is 1. The van der Waals surface area contributed by atoms with Crippen molar-refractivity contribution in [3.63, 3.8) is 0 Å². The molecule has 1 N–H and O–H groups in total. The molecular formula is C24H15F2N3O2S. The van der Waals surface area contributed by atoms with Gasteiger partial charge < -0.3 is 9.52 Å². The van der Waals surface area contributed by atoms with Crippen LogP contribution in [-0.4, -0.2) is 16.0 Å². The summed E-state index contributed by atoms with van der Waals surface area (Å²) in [6.07, 6.45) is 1.60. The van der Waals surface area contributed by atoms with Crippen LogP contribution in [0, 0.1) is 11.6 Å². The van der Waals surface area contributed by atoms with Crippen LogP contribution < -0.4 is 4.80 Å². The van der Waals surface area contributed by atoms with Gasteiger partial charge in [0.05, 0.1) is 6.21 Å². The van der Waals surface area contributed by atoms with Crippen LogP contribution in [0.25, 0.3) is 22.4 Å². The number of aromatic hydroxyl groups is 1. The molecule has 0 unspecified atom stereocenters. The van der Waals surface area contributed by atoms with Crippen molar-refractivity contribution in [1.82, 2.24) is 4.68 Å². The molecule has 158 valence electrons. The summed E-state index contributed by atoms with van der Waals surface area (Å²) in [6.45, 7) is 0. The Morgan fingerprint density at radius 2 is 1.78 bits per heavy atom. The van der Waals surface area contributed by atoms with Gasteiger partial charge in [-0.05, 0) is 54.1 Å². The smallest absolute Gasteiger partial charge is 0.211 e. The first kappa shape index (κ1) is 19.9. The van der Waals surface area contributed by atoms with Gasteiger partial charge in [0.25, 0.3) is 0 Å². The number of nitrogens with zero attached hydrogens (tertiary/aromatic N) is 3. The van der Waals surface area contributed by atoms with E-state index in [2.05, 4.69) is 10.1 Å². The van der Waals surface area contributed by atoms with Crippen LogP contribution in [0.4, 0.5) is 14.5 Å². The van der Waals surface area contributed by atoms with E-state index in [4.69, 9.17) is 4.42 Å². The maximum atomic E-state index is 14.2. The molecule has 3 aromatic carbocycles. The number of rotatable bonds is 4. The molecule has 5 aromatic rings. The SMILES string of the molecule is Oc1ccc(C=Nn2c(-c3cc4ccccc4o3)csc2=Nc2ccc(F)cc2F)cc1. The zero-order valence-electron chi connectivity index (χ0n) is 16.4. The standard InChI is InChI=1S/C24H15F2N3O2S/c25-17-7-10-20(19(26)12-17)28-24-29(27-13-15-5-8-18(30)9-6-15)21(14-32-24)23-11-16-3-1-2-4-22(16)31-23/h1-14,30H. The van der Waals surface area contributed by atoms with E-state index < -0.39 is 11.6 Å². The summed E-state index contributed by atoms with van der Waals surface area (Å²) in [5.41, 5.74) is 2.10.